The summed E-state index contributed by atoms with van der Waals surface area (Å²) >= 11 is -1.68. The third-order valence-electron chi connectivity index (χ3n) is 5.37. The van der Waals surface area contributed by atoms with Crippen LogP contribution in [0.3, 0.4) is 0 Å². The van der Waals surface area contributed by atoms with Gasteiger partial charge in [-0.1, -0.05) is 0 Å². The van der Waals surface area contributed by atoms with Crippen LogP contribution >= 0.6 is 0 Å². The fourth-order valence-corrected chi connectivity index (χ4v) is 7.65. The van der Waals surface area contributed by atoms with Crippen LogP contribution in [0.25, 0.3) is 17.2 Å². The van der Waals surface area contributed by atoms with Gasteiger partial charge in [-0.2, -0.15) is 14.2 Å². The summed E-state index contributed by atoms with van der Waals surface area (Å²) in [6.07, 6.45) is 5.76. The van der Waals surface area contributed by atoms with Crippen molar-refractivity contribution in [3.63, 3.8) is 0 Å². The summed E-state index contributed by atoms with van der Waals surface area (Å²) in [4.78, 5) is 4.74. The molecular formula is C25H24O2Ti. The summed E-state index contributed by atoms with van der Waals surface area (Å²) in [5.41, 5.74) is 8.73. The molecule has 5 rings (SSSR count). The molecule has 140 valence electrons. The molecule has 2 nitrogen and oxygen atoms in total. The first-order valence-electron chi connectivity index (χ1n) is 9.31. The minimum atomic E-state index is -1.68. The summed E-state index contributed by atoms with van der Waals surface area (Å²) in [6.45, 7) is 0. The van der Waals surface area contributed by atoms with E-state index in [0.717, 1.165) is 20.6 Å². The molecule has 0 saturated heterocycles. The predicted molar refractivity (Wildman–Crippen MR) is 112 cm³/mol. The Kier molecular flexibility index (Phi) is 6.93. The second-order valence-electron chi connectivity index (χ2n) is 6.66. The van der Waals surface area contributed by atoms with Crippen LogP contribution in [0.15, 0.2) is 72.8 Å². The van der Waals surface area contributed by atoms with Crippen molar-refractivity contribution in [3.05, 3.63) is 95.1 Å². The Labute approximate surface area is 173 Å². The number of fused-ring (bicyclic) bond motifs is 4. The number of rotatable bonds is 2. The van der Waals surface area contributed by atoms with Gasteiger partial charge in [0.1, 0.15) is 0 Å². The van der Waals surface area contributed by atoms with Gasteiger partial charge in [-0.25, -0.2) is 0 Å². The van der Waals surface area contributed by atoms with Gasteiger partial charge in [0.2, 0.25) is 0 Å². The molecule has 0 amide bonds. The molecule has 2 aliphatic carbocycles. The zero-order valence-corrected chi connectivity index (χ0v) is 17.9. The van der Waals surface area contributed by atoms with E-state index in [2.05, 4.69) is 78.9 Å². The Bertz CT molecular complexity index is 1020. The number of allylic oxidation sites excluding steroid dienone is 1. The van der Waals surface area contributed by atoms with Crippen LogP contribution < -0.4 is 14.1 Å². The van der Waals surface area contributed by atoms with Crippen LogP contribution in [-0.2, 0) is 23.8 Å². The monoisotopic (exact) mass is 404 g/mol. The molecule has 2 aliphatic rings. The van der Waals surface area contributed by atoms with E-state index in [1.165, 1.54) is 27.8 Å². The van der Waals surface area contributed by atoms with E-state index in [4.69, 9.17) is 15.0 Å². The standard InChI is InChI=1S/C13H9.C9H7.2CH3O.CH2.Ti/c1-3-7-12-10(5-1)9-11-6-2-4-8-13(11)12;1-2-5-9-7-3-6-8(9)4-1;2*1-2;;/h1-5,7-8H,9H2;1-7H;2*1H3;1H2;/q;;2*-1;;+2. The molecule has 3 aromatic carbocycles. The summed E-state index contributed by atoms with van der Waals surface area (Å²) in [7, 11) is 1.50. The third-order valence-corrected chi connectivity index (χ3v) is 9.14. The molecule has 28 heavy (non-hydrogen) atoms. The van der Waals surface area contributed by atoms with E-state index < -0.39 is 17.4 Å². The van der Waals surface area contributed by atoms with Gasteiger partial charge in [-0.3, -0.25) is 0 Å². The Balaban J connectivity index is 0.000000531. The molecule has 0 radical (unpaired) electrons. The molecule has 3 aromatic rings. The molecule has 0 heterocycles. The van der Waals surface area contributed by atoms with Gasteiger partial charge in [0.05, 0.1) is 0 Å². The van der Waals surface area contributed by atoms with Crippen molar-refractivity contribution in [1.82, 2.24) is 0 Å². The maximum atomic E-state index is 8.25. The van der Waals surface area contributed by atoms with Crippen molar-refractivity contribution in [1.29, 1.82) is 0 Å². The van der Waals surface area contributed by atoms with Crippen molar-refractivity contribution in [2.45, 2.75) is 10.6 Å². The molecule has 3 heteroatoms. The van der Waals surface area contributed by atoms with Crippen molar-refractivity contribution >= 4 is 14.8 Å². The number of hydrogen-bond donors (Lipinski definition) is 0. The first kappa shape index (κ1) is 20.6. The van der Waals surface area contributed by atoms with Gasteiger partial charge in [0, 0.05) is 0 Å². The minimum absolute atomic E-state index is 0.538. The molecule has 0 fully saturated rings. The Morgan fingerprint density at radius 2 is 1.50 bits per heavy atom. The van der Waals surface area contributed by atoms with Gasteiger partial charge in [0.15, 0.2) is 0 Å². The van der Waals surface area contributed by atoms with Gasteiger partial charge in [-0.15, -0.1) is 0 Å². The third kappa shape index (κ3) is 3.61. The summed E-state index contributed by atoms with van der Waals surface area (Å²) in [5, 5.41) is 16.5. The van der Waals surface area contributed by atoms with E-state index >= 15 is 0 Å². The molecule has 0 N–H and O–H groups in total. The Morgan fingerprint density at radius 1 is 0.821 bits per heavy atom. The average molecular weight is 404 g/mol. The molecule has 0 aromatic heterocycles. The van der Waals surface area contributed by atoms with Crippen molar-refractivity contribution in [2.24, 2.45) is 0 Å². The number of benzene rings is 3. The van der Waals surface area contributed by atoms with E-state index in [0.29, 0.717) is 4.22 Å². The molecule has 1 atom stereocenters. The summed E-state index contributed by atoms with van der Waals surface area (Å²) in [6, 6.07) is 24.5. The van der Waals surface area contributed by atoms with Gasteiger partial charge >= 0.3 is 149 Å². The second kappa shape index (κ2) is 9.40. The van der Waals surface area contributed by atoms with Gasteiger partial charge in [0.25, 0.3) is 0 Å². The number of hydrogen-bond acceptors (Lipinski definition) is 2. The van der Waals surface area contributed by atoms with Crippen LogP contribution in [0.5, 0.6) is 0 Å². The van der Waals surface area contributed by atoms with Gasteiger partial charge < -0.3 is 10.2 Å². The Morgan fingerprint density at radius 3 is 2.32 bits per heavy atom. The van der Waals surface area contributed by atoms with Crippen molar-refractivity contribution < 1.29 is 27.6 Å². The van der Waals surface area contributed by atoms with Crippen LogP contribution in [-0.4, -0.2) is 19.0 Å². The van der Waals surface area contributed by atoms with Gasteiger partial charge in [-0.05, 0) is 0 Å². The molecule has 0 spiro atoms. The fourth-order valence-electron chi connectivity index (χ4n) is 4.18. The molecule has 0 aliphatic heterocycles. The molecule has 0 saturated carbocycles. The van der Waals surface area contributed by atoms with E-state index in [1.807, 2.05) is 0 Å². The van der Waals surface area contributed by atoms with Crippen LogP contribution in [0.4, 0.5) is 0 Å². The average Bonchev–Trinajstić information content (AvgIpc) is 3.37. The first-order valence-corrected chi connectivity index (χ1v) is 12.1. The van der Waals surface area contributed by atoms with Crippen molar-refractivity contribution in [3.8, 4) is 11.1 Å². The first-order chi connectivity index (χ1) is 13.8. The zero-order chi connectivity index (χ0) is 20.1. The maximum absolute atomic E-state index is 8.25. The van der Waals surface area contributed by atoms with Crippen LogP contribution in [0, 0.1) is 0 Å². The summed E-state index contributed by atoms with van der Waals surface area (Å²) in [5.74, 6) is 0. The molecule has 0 bridgehead atoms. The zero-order valence-electron chi connectivity index (χ0n) is 16.3. The van der Waals surface area contributed by atoms with E-state index in [1.54, 1.807) is 9.43 Å². The summed E-state index contributed by atoms with van der Waals surface area (Å²) < 4.78 is 2.10. The second-order valence-corrected chi connectivity index (χ2v) is 10.1. The Hall–Kier alpha value is -2.10. The molecular weight excluding hydrogens is 380 g/mol. The van der Waals surface area contributed by atoms with Crippen molar-refractivity contribution in [2.75, 3.05) is 14.2 Å². The van der Waals surface area contributed by atoms with Crippen LogP contribution in [0.2, 0.25) is 0 Å². The predicted octanol–water partition coefficient (Wildman–Crippen LogP) is 2.65. The topological polar surface area (TPSA) is 46.1 Å². The molecule has 1 unspecified atom stereocenters. The van der Waals surface area contributed by atoms with Crippen LogP contribution in [0.1, 0.15) is 26.5 Å². The normalized spacial score (nSPS) is 14.3. The quantitative estimate of drug-likeness (QED) is 0.483. The SMILES string of the molecule is C[O-].C[O-].[CH2]=[Ti+2]([c]1cccc2c1Cc1ccccc1-2)[CH]1C=Cc2ccccc21. The van der Waals surface area contributed by atoms with E-state index in [-0.39, 0.29) is 0 Å². The van der Waals surface area contributed by atoms with E-state index in [9.17, 15) is 0 Å². The fraction of sp³-hybridized carbons (Fsp3) is 0.160.